The zero-order valence-corrected chi connectivity index (χ0v) is 12.7. The minimum atomic E-state index is -0.0474. The molecule has 4 heteroatoms. The van der Waals surface area contributed by atoms with Crippen molar-refractivity contribution in [1.82, 2.24) is 0 Å². The first kappa shape index (κ1) is 12.3. The van der Waals surface area contributed by atoms with E-state index in [-0.39, 0.29) is 6.04 Å². The van der Waals surface area contributed by atoms with Crippen LogP contribution in [0.15, 0.2) is 38.6 Å². The maximum Gasteiger partial charge on any atom is 0.0702 e. The van der Waals surface area contributed by atoms with Crippen LogP contribution in [0, 0.1) is 6.92 Å². The smallest absolute Gasteiger partial charge is 0.0702 e. The fourth-order valence-electron chi connectivity index (χ4n) is 1.61. The Morgan fingerprint density at radius 2 is 1.94 bits per heavy atom. The molecule has 0 saturated heterocycles. The van der Waals surface area contributed by atoms with Crippen LogP contribution in [0.2, 0.25) is 0 Å². The van der Waals surface area contributed by atoms with E-state index in [0.29, 0.717) is 0 Å². The molecule has 0 aliphatic rings. The molecule has 1 nitrogen and oxygen atoms in total. The molecule has 84 valence electrons. The molecule has 0 fully saturated rings. The third kappa shape index (κ3) is 2.40. The third-order valence-corrected chi connectivity index (χ3v) is 5.11. The van der Waals surface area contributed by atoms with Crippen molar-refractivity contribution in [3.8, 4) is 0 Å². The Morgan fingerprint density at radius 1 is 1.19 bits per heavy atom. The fraction of sp³-hybridized carbons (Fsp3) is 0.167. The first-order chi connectivity index (χ1) is 7.59. The van der Waals surface area contributed by atoms with Crippen molar-refractivity contribution in [2.45, 2.75) is 13.0 Å². The Kier molecular flexibility index (Phi) is 3.85. The summed E-state index contributed by atoms with van der Waals surface area (Å²) in [7, 11) is 0. The number of benzene rings is 1. The van der Waals surface area contributed by atoms with Crippen LogP contribution in [0.5, 0.6) is 0 Å². The van der Waals surface area contributed by atoms with E-state index in [9.17, 15) is 0 Å². The number of nitrogens with two attached hydrogens (primary N) is 1. The number of rotatable bonds is 2. The molecule has 1 heterocycles. The van der Waals surface area contributed by atoms with E-state index in [0.717, 1.165) is 8.26 Å². The lowest BCUT2D eigenvalue weighted by Crippen LogP contribution is -2.11. The Bertz CT molecular complexity index is 507. The lowest BCUT2D eigenvalue weighted by atomic mass is 10.0. The van der Waals surface area contributed by atoms with Crippen molar-refractivity contribution in [2.75, 3.05) is 0 Å². The molecule has 1 aromatic carbocycles. The first-order valence-corrected chi connectivity index (χ1v) is 7.25. The van der Waals surface area contributed by atoms with Gasteiger partial charge in [-0.05, 0) is 52.2 Å². The van der Waals surface area contributed by atoms with E-state index in [1.807, 2.05) is 18.2 Å². The monoisotopic (exact) mass is 359 g/mol. The molecule has 0 spiro atoms. The summed E-state index contributed by atoms with van der Waals surface area (Å²) >= 11 is 8.67. The normalized spacial score (nSPS) is 12.8. The van der Waals surface area contributed by atoms with E-state index in [2.05, 4.69) is 50.9 Å². The van der Waals surface area contributed by atoms with Gasteiger partial charge in [-0.3, -0.25) is 0 Å². The predicted molar refractivity (Wildman–Crippen MR) is 76.9 cm³/mol. The van der Waals surface area contributed by atoms with Gasteiger partial charge in [0.1, 0.15) is 0 Å². The number of thiophene rings is 1. The van der Waals surface area contributed by atoms with Gasteiger partial charge in [0.25, 0.3) is 0 Å². The van der Waals surface area contributed by atoms with Crippen molar-refractivity contribution >= 4 is 43.2 Å². The molecule has 0 amide bonds. The summed E-state index contributed by atoms with van der Waals surface area (Å²) in [4.78, 5) is 1.17. The lowest BCUT2D eigenvalue weighted by Gasteiger charge is -2.14. The van der Waals surface area contributed by atoms with Gasteiger partial charge in [-0.1, -0.05) is 28.1 Å². The molecule has 16 heavy (non-hydrogen) atoms. The van der Waals surface area contributed by atoms with Gasteiger partial charge >= 0.3 is 0 Å². The van der Waals surface area contributed by atoms with Crippen LogP contribution >= 0.6 is 43.2 Å². The van der Waals surface area contributed by atoms with Crippen LogP contribution in [0.25, 0.3) is 0 Å². The quantitative estimate of drug-likeness (QED) is 0.830. The molecule has 1 atom stereocenters. The molecular formula is C12H11Br2NS. The van der Waals surface area contributed by atoms with Gasteiger partial charge in [0.2, 0.25) is 0 Å². The molecular weight excluding hydrogens is 350 g/mol. The summed E-state index contributed by atoms with van der Waals surface area (Å²) in [5.74, 6) is 0. The van der Waals surface area contributed by atoms with Crippen LogP contribution in [-0.4, -0.2) is 0 Å². The molecule has 1 aromatic heterocycles. The molecule has 2 aromatic rings. The molecule has 0 aliphatic heterocycles. The summed E-state index contributed by atoms with van der Waals surface area (Å²) < 4.78 is 2.22. The lowest BCUT2D eigenvalue weighted by molar-refractivity contribution is 0.881. The molecule has 0 saturated carbocycles. The topological polar surface area (TPSA) is 26.0 Å². The highest BCUT2D eigenvalue weighted by atomic mass is 79.9. The Morgan fingerprint density at radius 3 is 2.56 bits per heavy atom. The molecule has 2 rings (SSSR count). The summed E-state index contributed by atoms with van der Waals surface area (Å²) in [6, 6.07) is 10.2. The van der Waals surface area contributed by atoms with Gasteiger partial charge in [0, 0.05) is 9.35 Å². The summed E-state index contributed by atoms with van der Waals surface area (Å²) in [5.41, 5.74) is 8.65. The Labute approximate surface area is 116 Å². The summed E-state index contributed by atoms with van der Waals surface area (Å²) in [5, 5.41) is 0. The van der Waals surface area contributed by atoms with Gasteiger partial charge in [0.15, 0.2) is 0 Å². The maximum atomic E-state index is 6.27. The van der Waals surface area contributed by atoms with Crippen LogP contribution < -0.4 is 5.73 Å². The molecule has 1 unspecified atom stereocenters. The zero-order valence-electron chi connectivity index (χ0n) is 8.71. The standard InChI is InChI=1S/C12H11Br2NS/c1-7-8(3-2-4-9(7)13)12(15)10-5-6-11(14)16-10/h2-6,12H,15H2,1H3. The SMILES string of the molecule is Cc1c(Br)cccc1C(N)c1ccc(Br)s1. The van der Waals surface area contributed by atoms with Crippen LogP contribution in [0.4, 0.5) is 0 Å². The minimum Gasteiger partial charge on any atom is -0.320 e. The average molecular weight is 361 g/mol. The second kappa shape index (κ2) is 5.00. The highest BCUT2D eigenvalue weighted by Crippen LogP contribution is 2.32. The maximum absolute atomic E-state index is 6.27. The van der Waals surface area contributed by atoms with E-state index >= 15 is 0 Å². The first-order valence-electron chi connectivity index (χ1n) is 4.85. The molecule has 0 bridgehead atoms. The highest BCUT2D eigenvalue weighted by molar-refractivity contribution is 9.11. The van der Waals surface area contributed by atoms with Gasteiger partial charge < -0.3 is 5.73 Å². The predicted octanol–water partition coefficient (Wildman–Crippen LogP) is 4.63. The zero-order chi connectivity index (χ0) is 11.7. The van der Waals surface area contributed by atoms with E-state index < -0.39 is 0 Å². The summed E-state index contributed by atoms with van der Waals surface area (Å²) in [6.45, 7) is 2.09. The van der Waals surface area contributed by atoms with E-state index in [4.69, 9.17) is 5.73 Å². The van der Waals surface area contributed by atoms with Gasteiger partial charge in [0.05, 0.1) is 9.83 Å². The molecule has 0 radical (unpaired) electrons. The van der Waals surface area contributed by atoms with Crippen molar-refractivity contribution < 1.29 is 0 Å². The Balaban J connectivity index is 2.41. The number of halogens is 2. The second-order valence-electron chi connectivity index (χ2n) is 3.57. The van der Waals surface area contributed by atoms with E-state index in [1.54, 1.807) is 11.3 Å². The van der Waals surface area contributed by atoms with E-state index in [1.165, 1.54) is 16.0 Å². The van der Waals surface area contributed by atoms with Crippen molar-refractivity contribution in [1.29, 1.82) is 0 Å². The highest BCUT2D eigenvalue weighted by Gasteiger charge is 2.14. The second-order valence-corrected chi connectivity index (χ2v) is 6.92. The third-order valence-electron chi connectivity index (χ3n) is 2.55. The van der Waals surface area contributed by atoms with Crippen molar-refractivity contribution in [3.63, 3.8) is 0 Å². The van der Waals surface area contributed by atoms with Crippen LogP contribution in [0.1, 0.15) is 22.0 Å². The summed E-state index contributed by atoms with van der Waals surface area (Å²) in [6.07, 6.45) is 0. The largest absolute Gasteiger partial charge is 0.320 e. The Hall–Kier alpha value is -0.160. The van der Waals surface area contributed by atoms with Gasteiger partial charge in [-0.2, -0.15) is 0 Å². The number of hydrogen-bond acceptors (Lipinski definition) is 2. The average Bonchev–Trinajstić information content (AvgIpc) is 2.68. The van der Waals surface area contributed by atoms with Gasteiger partial charge in [-0.25, -0.2) is 0 Å². The van der Waals surface area contributed by atoms with Gasteiger partial charge in [-0.15, -0.1) is 11.3 Å². The molecule has 2 N–H and O–H groups in total. The van der Waals surface area contributed by atoms with Crippen molar-refractivity contribution in [3.05, 3.63) is 54.6 Å². The molecule has 0 aliphatic carbocycles. The fourth-order valence-corrected chi connectivity index (χ4v) is 3.44. The number of hydrogen-bond donors (Lipinski definition) is 1. The van der Waals surface area contributed by atoms with Crippen LogP contribution in [0.3, 0.4) is 0 Å². The van der Waals surface area contributed by atoms with Crippen molar-refractivity contribution in [2.24, 2.45) is 5.73 Å². The van der Waals surface area contributed by atoms with Crippen LogP contribution in [-0.2, 0) is 0 Å². The minimum absolute atomic E-state index is 0.0474.